The molecule has 0 aliphatic heterocycles. The Morgan fingerprint density at radius 2 is 1.80 bits per heavy atom. The van der Waals surface area contributed by atoms with Crippen LogP contribution in [0.1, 0.15) is 0 Å². The molecule has 0 heterocycles. The SMILES string of the molecule is COc1ccc(OCOCC(F)(F)F)c([B-](F)(F)F)c1. The number of hydrogen-bond donors (Lipinski definition) is 0. The predicted molar refractivity (Wildman–Crippen MR) is 59.2 cm³/mol. The first kappa shape index (κ1) is 16.5. The highest BCUT2D eigenvalue weighted by molar-refractivity contribution is 6.74. The second-order valence-electron chi connectivity index (χ2n) is 3.70. The summed E-state index contributed by atoms with van der Waals surface area (Å²) in [7, 11) is 1.19. The van der Waals surface area contributed by atoms with Gasteiger partial charge in [0.15, 0.2) is 6.79 Å². The molecular formula is C10H10BF6O3-. The number of benzene rings is 1. The van der Waals surface area contributed by atoms with Crippen LogP contribution in [0.3, 0.4) is 0 Å². The van der Waals surface area contributed by atoms with Gasteiger partial charge in [0.05, 0.1) is 12.9 Å². The molecule has 0 saturated heterocycles. The van der Waals surface area contributed by atoms with E-state index in [2.05, 4.69) is 14.2 Å². The maximum Gasteiger partial charge on any atom is 0.513 e. The Kier molecular flexibility index (Phi) is 5.15. The fourth-order valence-electron chi connectivity index (χ4n) is 1.30. The van der Waals surface area contributed by atoms with E-state index in [0.717, 1.165) is 6.07 Å². The third-order valence-corrected chi connectivity index (χ3v) is 2.13. The average molecular weight is 303 g/mol. The van der Waals surface area contributed by atoms with E-state index in [1.807, 2.05) is 0 Å². The van der Waals surface area contributed by atoms with Crippen molar-refractivity contribution in [2.45, 2.75) is 6.18 Å². The molecule has 3 nitrogen and oxygen atoms in total. The fraction of sp³-hybridized carbons (Fsp3) is 0.400. The Morgan fingerprint density at radius 1 is 1.15 bits per heavy atom. The molecule has 0 N–H and O–H groups in total. The maximum atomic E-state index is 12.8. The number of ether oxygens (including phenoxy) is 3. The highest BCUT2D eigenvalue weighted by atomic mass is 19.4. The molecule has 0 fully saturated rings. The summed E-state index contributed by atoms with van der Waals surface area (Å²) >= 11 is 0. The summed E-state index contributed by atoms with van der Waals surface area (Å²) < 4.78 is 86.9. The molecule has 0 amide bonds. The van der Waals surface area contributed by atoms with Crippen LogP contribution >= 0.6 is 0 Å². The lowest BCUT2D eigenvalue weighted by molar-refractivity contribution is -0.186. The minimum absolute atomic E-state index is 0.0391. The molecule has 0 aromatic heterocycles. The van der Waals surface area contributed by atoms with Crippen LogP contribution in [0.25, 0.3) is 0 Å². The van der Waals surface area contributed by atoms with Gasteiger partial charge in [-0.2, -0.15) is 13.2 Å². The highest BCUT2D eigenvalue weighted by Crippen LogP contribution is 2.22. The van der Waals surface area contributed by atoms with E-state index in [-0.39, 0.29) is 5.75 Å². The molecule has 0 bridgehead atoms. The summed E-state index contributed by atoms with van der Waals surface area (Å²) in [6, 6.07) is 2.86. The molecule has 10 heteroatoms. The number of hydrogen-bond acceptors (Lipinski definition) is 3. The zero-order valence-electron chi connectivity index (χ0n) is 10.2. The molecule has 1 rings (SSSR count). The normalized spacial score (nSPS) is 12.3. The summed E-state index contributed by atoms with van der Waals surface area (Å²) in [5, 5.41) is 0. The maximum absolute atomic E-state index is 12.8. The Hall–Kier alpha value is -1.58. The van der Waals surface area contributed by atoms with Crippen LogP contribution in [0.5, 0.6) is 11.5 Å². The molecule has 0 saturated carbocycles. The van der Waals surface area contributed by atoms with Crippen LogP contribution < -0.4 is 14.9 Å². The van der Waals surface area contributed by atoms with Gasteiger partial charge in [-0.15, -0.1) is 0 Å². The second kappa shape index (κ2) is 6.25. The van der Waals surface area contributed by atoms with Crippen molar-refractivity contribution in [2.24, 2.45) is 0 Å². The Morgan fingerprint density at radius 3 is 2.30 bits per heavy atom. The lowest BCUT2D eigenvalue weighted by atomic mass is 9.79. The first-order chi connectivity index (χ1) is 9.13. The molecule has 0 aliphatic carbocycles. The van der Waals surface area contributed by atoms with Gasteiger partial charge in [-0.1, -0.05) is 5.46 Å². The van der Waals surface area contributed by atoms with Crippen molar-refractivity contribution in [1.29, 1.82) is 0 Å². The summed E-state index contributed by atoms with van der Waals surface area (Å²) in [5.41, 5.74) is -1.10. The van der Waals surface area contributed by atoms with E-state index in [4.69, 9.17) is 0 Å². The third-order valence-electron chi connectivity index (χ3n) is 2.13. The van der Waals surface area contributed by atoms with E-state index < -0.39 is 37.8 Å². The summed E-state index contributed by atoms with van der Waals surface area (Å²) in [6.07, 6.45) is -4.57. The smallest absolute Gasteiger partial charge is 0.497 e. The van der Waals surface area contributed by atoms with Crippen molar-refractivity contribution < 1.29 is 40.3 Å². The van der Waals surface area contributed by atoms with Crippen molar-refractivity contribution in [3.05, 3.63) is 18.2 Å². The van der Waals surface area contributed by atoms with Crippen LogP contribution in [-0.2, 0) is 4.74 Å². The standard InChI is InChI=1S/C10H10BF6O3/c1-18-7-2-3-9(8(4-7)11(15,16)17)20-6-19-5-10(12,13)14/h2-4H,5-6H2,1H3/q-1. The number of rotatable bonds is 6. The predicted octanol–water partition coefficient (Wildman–Crippen LogP) is 2.66. The van der Waals surface area contributed by atoms with Crippen LogP contribution in [0.15, 0.2) is 18.2 Å². The van der Waals surface area contributed by atoms with Gasteiger partial charge < -0.3 is 27.2 Å². The minimum atomic E-state index is -5.39. The number of methoxy groups -OCH3 is 1. The molecule has 1 aromatic carbocycles. The van der Waals surface area contributed by atoms with Crippen LogP contribution in [0.4, 0.5) is 26.1 Å². The van der Waals surface area contributed by atoms with Gasteiger partial charge in [0.1, 0.15) is 12.4 Å². The van der Waals surface area contributed by atoms with Gasteiger partial charge in [-0.05, 0) is 18.2 Å². The van der Waals surface area contributed by atoms with E-state index >= 15 is 0 Å². The highest BCUT2D eigenvalue weighted by Gasteiger charge is 2.30. The Bertz CT molecular complexity index is 446. The minimum Gasteiger partial charge on any atom is -0.497 e. The van der Waals surface area contributed by atoms with Gasteiger partial charge in [-0.25, -0.2) is 0 Å². The lowest BCUT2D eigenvalue weighted by Gasteiger charge is -2.20. The number of alkyl halides is 3. The van der Waals surface area contributed by atoms with Crippen molar-refractivity contribution in [1.82, 2.24) is 0 Å². The topological polar surface area (TPSA) is 27.7 Å². The van der Waals surface area contributed by atoms with E-state index in [1.165, 1.54) is 13.2 Å². The largest absolute Gasteiger partial charge is 0.513 e. The molecule has 0 atom stereocenters. The van der Waals surface area contributed by atoms with E-state index in [9.17, 15) is 26.1 Å². The quantitative estimate of drug-likeness (QED) is 0.350. The molecule has 0 radical (unpaired) electrons. The molecular weight excluding hydrogens is 293 g/mol. The van der Waals surface area contributed by atoms with Crippen molar-refractivity contribution in [3.8, 4) is 11.5 Å². The zero-order chi connectivity index (χ0) is 15.4. The Balaban J connectivity index is 2.74. The van der Waals surface area contributed by atoms with Gasteiger partial charge >= 0.3 is 13.2 Å². The van der Waals surface area contributed by atoms with Crippen LogP contribution in [-0.4, -0.2) is 33.7 Å². The third kappa shape index (κ3) is 5.20. The summed E-state index contributed by atoms with van der Waals surface area (Å²) in [4.78, 5) is 0. The van der Waals surface area contributed by atoms with E-state index in [0.29, 0.717) is 6.07 Å². The molecule has 0 aliphatic rings. The molecule has 0 unspecified atom stereocenters. The first-order valence-electron chi connectivity index (χ1n) is 5.28. The van der Waals surface area contributed by atoms with Gasteiger partial charge in [0.2, 0.25) is 0 Å². The monoisotopic (exact) mass is 303 g/mol. The molecule has 0 spiro atoms. The van der Waals surface area contributed by atoms with Gasteiger partial charge in [0, 0.05) is 0 Å². The fourth-order valence-corrected chi connectivity index (χ4v) is 1.30. The van der Waals surface area contributed by atoms with Crippen molar-refractivity contribution in [3.63, 3.8) is 0 Å². The van der Waals surface area contributed by atoms with Crippen LogP contribution in [0, 0.1) is 0 Å². The lowest BCUT2D eigenvalue weighted by Crippen LogP contribution is -2.35. The van der Waals surface area contributed by atoms with Gasteiger partial charge in [0.25, 0.3) is 0 Å². The van der Waals surface area contributed by atoms with Crippen molar-refractivity contribution >= 4 is 12.4 Å². The molecule has 20 heavy (non-hydrogen) atoms. The van der Waals surface area contributed by atoms with Gasteiger partial charge in [-0.3, -0.25) is 0 Å². The molecule has 114 valence electrons. The summed E-state index contributed by atoms with van der Waals surface area (Å²) in [6.45, 7) is -7.93. The van der Waals surface area contributed by atoms with Crippen LogP contribution in [0.2, 0.25) is 0 Å². The second-order valence-corrected chi connectivity index (χ2v) is 3.70. The average Bonchev–Trinajstić information content (AvgIpc) is 2.32. The zero-order valence-corrected chi connectivity index (χ0v) is 10.2. The Labute approximate surface area is 110 Å². The van der Waals surface area contributed by atoms with E-state index in [1.54, 1.807) is 0 Å². The first-order valence-corrected chi connectivity index (χ1v) is 5.28. The van der Waals surface area contributed by atoms with Crippen molar-refractivity contribution in [2.75, 3.05) is 20.5 Å². The molecule has 1 aromatic rings. The number of halogens is 6. The summed E-state index contributed by atoms with van der Waals surface area (Å²) in [5.74, 6) is -0.650.